The number of nitrogens with one attached hydrogen (secondary N) is 1. The third-order valence-electron chi connectivity index (χ3n) is 4.65. The van der Waals surface area contributed by atoms with Crippen LogP contribution in [0.25, 0.3) is 0 Å². The maximum atomic E-state index is 5.93. The average Bonchev–Trinajstić information content (AvgIpc) is 2.50. The van der Waals surface area contributed by atoms with Gasteiger partial charge in [0, 0.05) is 21.7 Å². The van der Waals surface area contributed by atoms with Crippen molar-refractivity contribution >= 4 is 23.4 Å². The smallest absolute Gasteiger partial charge is 0.0406 e. The van der Waals surface area contributed by atoms with Crippen LogP contribution in [0.1, 0.15) is 39.0 Å². The highest BCUT2D eigenvalue weighted by Crippen LogP contribution is 2.34. The van der Waals surface area contributed by atoms with Gasteiger partial charge in [-0.25, -0.2) is 0 Å². The van der Waals surface area contributed by atoms with Crippen LogP contribution in [0.4, 0.5) is 0 Å². The molecule has 1 aliphatic carbocycles. The summed E-state index contributed by atoms with van der Waals surface area (Å²) in [6, 6.07) is 8.82. The Kier molecular flexibility index (Phi) is 6.73. The van der Waals surface area contributed by atoms with E-state index in [-0.39, 0.29) is 0 Å². The maximum Gasteiger partial charge on any atom is 0.0406 e. The highest BCUT2D eigenvalue weighted by Gasteiger charge is 2.26. The van der Waals surface area contributed by atoms with Gasteiger partial charge in [0.25, 0.3) is 0 Å². The van der Waals surface area contributed by atoms with E-state index in [1.54, 1.807) is 0 Å². The summed E-state index contributed by atoms with van der Waals surface area (Å²) >= 11 is 7.87. The lowest BCUT2D eigenvalue weighted by molar-refractivity contribution is 0.233. The van der Waals surface area contributed by atoms with Gasteiger partial charge < -0.3 is 5.32 Å². The number of halogens is 1. The molecule has 1 saturated carbocycles. The zero-order valence-electron chi connectivity index (χ0n) is 12.6. The van der Waals surface area contributed by atoms with Gasteiger partial charge in [0.1, 0.15) is 0 Å². The zero-order valence-corrected chi connectivity index (χ0v) is 14.1. The number of hydrogen-bond donors (Lipinski definition) is 1. The molecule has 0 bridgehead atoms. The first kappa shape index (κ1) is 16.2. The summed E-state index contributed by atoms with van der Waals surface area (Å²) in [5.74, 6) is 2.98. The molecule has 1 aromatic rings. The van der Waals surface area contributed by atoms with Gasteiger partial charge in [-0.15, -0.1) is 11.8 Å². The Hall–Kier alpha value is -0.180. The molecule has 1 unspecified atom stereocenters. The topological polar surface area (TPSA) is 12.0 Å². The molecule has 1 atom stereocenters. The summed E-state index contributed by atoms with van der Waals surface area (Å²) in [5, 5.41) is 4.36. The minimum absolute atomic E-state index is 0.633. The molecular weight excluding hydrogens is 286 g/mol. The molecule has 0 spiro atoms. The molecule has 1 N–H and O–H groups in total. The van der Waals surface area contributed by atoms with E-state index in [0.717, 1.165) is 22.6 Å². The van der Waals surface area contributed by atoms with E-state index in [2.05, 4.69) is 31.4 Å². The molecule has 0 aliphatic heterocycles. The van der Waals surface area contributed by atoms with E-state index in [9.17, 15) is 0 Å². The summed E-state index contributed by atoms with van der Waals surface area (Å²) in [7, 11) is 2.11. The van der Waals surface area contributed by atoms with E-state index >= 15 is 0 Å². The van der Waals surface area contributed by atoms with E-state index in [1.165, 1.54) is 37.0 Å². The molecule has 2 rings (SSSR count). The fraction of sp³-hybridized carbons (Fsp3) is 0.647. The molecule has 0 saturated heterocycles. The van der Waals surface area contributed by atoms with Crippen LogP contribution in [0.5, 0.6) is 0 Å². The second kappa shape index (κ2) is 8.31. The molecule has 1 aliphatic rings. The molecule has 20 heavy (non-hydrogen) atoms. The van der Waals surface area contributed by atoms with Crippen LogP contribution < -0.4 is 5.32 Å². The molecule has 0 amide bonds. The average molecular weight is 312 g/mol. The number of benzene rings is 1. The quantitative estimate of drug-likeness (QED) is 0.721. The van der Waals surface area contributed by atoms with Gasteiger partial charge in [0.05, 0.1) is 0 Å². The zero-order chi connectivity index (χ0) is 14.4. The van der Waals surface area contributed by atoms with Crippen molar-refractivity contribution in [3.05, 3.63) is 29.3 Å². The van der Waals surface area contributed by atoms with Crippen molar-refractivity contribution < 1.29 is 0 Å². The molecule has 0 aromatic heterocycles. The molecular formula is C17H26ClNS. The van der Waals surface area contributed by atoms with Crippen molar-refractivity contribution in [2.45, 2.75) is 50.0 Å². The van der Waals surface area contributed by atoms with E-state index in [0.29, 0.717) is 6.04 Å². The van der Waals surface area contributed by atoms with Crippen LogP contribution in [0.15, 0.2) is 29.2 Å². The predicted octanol–water partition coefficient (Wildman–Crippen LogP) is 5.24. The first-order valence-corrected chi connectivity index (χ1v) is 9.15. The van der Waals surface area contributed by atoms with Crippen LogP contribution in [-0.2, 0) is 0 Å². The fourth-order valence-corrected chi connectivity index (χ4v) is 4.44. The lowest BCUT2D eigenvalue weighted by Gasteiger charge is -2.33. The van der Waals surface area contributed by atoms with Crippen molar-refractivity contribution in [2.75, 3.05) is 12.8 Å². The highest BCUT2D eigenvalue weighted by molar-refractivity contribution is 7.99. The summed E-state index contributed by atoms with van der Waals surface area (Å²) in [4.78, 5) is 1.32. The summed E-state index contributed by atoms with van der Waals surface area (Å²) in [6.45, 7) is 2.33. The van der Waals surface area contributed by atoms with E-state index in [4.69, 9.17) is 11.6 Å². The van der Waals surface area contributed by atoms with Crippen LogP contribution in [-0.4, -0.2) is 18.8 Å². The lowest BCUT2D eigenvalue weighted by atomic mass is 9.78. The molecule has 1 nitrogen and oxygen atoms in total. The number of thioether (sulfide) groups is 1. The Labute approximate surface area is 132 Å². The first-order valence-electron chi connectivity index (χ1n) is 7.78. The minimum atomic E-state index is 0.633. The van der Waals surface area contributed by atoms with Gasteiger partial charge in [0.15, 0.2) is 0 Å². The minimum Gasteiger partial charge on any atom is -0.316 e. The van der Waals surface area contributed by atoms with Crippen molar-refractivity contribution in [1.29, 1.82) is 0 Å². The van der Waals surface area contributed by atoms with Crippen LogP contribution in [0.2, 0.25) is 5.02 Å². The maximum absolute atomic E-state index is 5.93. The Bertz CT molecular complexity index is 384. The monoisotopic (exact) mass is 311 g/mol. The Balaban J connectivity index is 1.81. The SMILES string of the molecule is CCC1CCC(C(CSc2ccc(Cl)cc2)NC)CC1. The van der Waals surface area contributed by atoms with Gasteiger partial charge in [-0.3, -0.25) is 0 Å². The van der Waals surface area contributed by atoms with Crippen LogP contribution >= 0.6 is 23.4 Å². The largest absolute Gasteiger partial charge is 0.316 e. The van der Waals surface area contributed by atoms with Crippen molar-refractivity contribution in [1.82, 2.24) is 5.32 Å². The molecule has 0 radical (unpaired) electrons. The van der Waals surface area contributed by atoms with Gasteiger partial charge in [0.2, 0.25) is 0 Å². The normalized spacial score (nSPS) is 24.6. The standard InChI is InChI=1S/C17H26ClNS/c1-3-13-4-6-14(7-5-13)17(19-2)12-20-16-10-8-15(18)9-11-16/h8-11,13-14,17,19H,3-7,12H2,1-2H3. The van der Waals surface area contributed by atoms with Gasteiger partial charge in [-0.1, -0.05) is 37.8 Å². The summed E-state index contributed by atoms with van der Waals surface area (Å²) in [6.07, 6.45) is 6.99. The van der Waals surface area contributed by atoms with Crippen molar-refractivity contribution in [3.63, 3.8) is 0 Å². The molecule has 112 valence electrons. The van der Waals surface area contributed by atoms with Crippen LogP contribution in [0, 0.1) is 11.8 Å². The van der Waals surface area contributed by atoms with Crippen LogP contribution in [0.3, 0.4) is 0 Å². The fourth-order valence-electron chi connectivity index (χ4n) is 3.17. The molecule has 1 aromatic carbocycles. The van der Waals surface area contributed by atoms with Crippen molar-refractivity contribution in [2.24, 2.45) is 11.8 Å². The summed E-state index contributed by atoms with van der Waals surface area (Å²) in [5.41, 5.74) is 0. The van der Waals surface area contributed by atoms with Crippen molar-refractivity contribution in [3.8, 4) is 0 Å². The van der Waals surface area contributed by atoms with Gasteiger partial charge in [-0.05, 0) is 56.0 Å². The molecule has 3 heteroatoms. The van der Waals surface area contributed by atoms with Gasteiger partial charge in [-0.2, -0.15) is 0 Å². The molecule has 0 heterocycles. The van der Waals surface area contributed by atoms with E-state index < -0.39 is 0 Å². The Morgan fingerprint density at radius 1 is 1.20 bits per heavy atom. The van der Waals surface area contributed by atoms with Gasteiger partial charge >= 0.3 is 0 Å². The second-order valence-electron chi connectivity index (χ2n) is 5.85. The Morgan fingerprint density at radius 3 is 2.40 bits per heavy atom. The van der Waals surface area contributed by atoms with E-state index in [1.807, 2.05) is 23.9 Å². The summed E-state index contributed by atoms with van der Waals surface area (Å²) < 4.78 is 0. The first-order chi connectivity index (χ1) is 9.72. The third kappa shape index (κ3) is 4.68. The number of hydrogen-bond acceptors (Lipinski definition) is 2. The third-order valence-corrected chi connectivity index (χ3v) is 6.04. The number of rotatable bonds is 6. The Morgan fingerprint density at radius 2 is 1.85 bits per heavy atom. The molecule has 1 fully saturated rings. The second-order valence-corrected chi connectivity index (χ2v) is 7.38. The highest BCUT2D eigenvalue weighted by atomic mass is 35.5. The lowest BCUT2D eigenvalue weighted by Crippen LogP contribution is -2.37. The predicted molar refractivity (Wildman–Crippen MR) is 90.8 cm³/mol.